The third-order valence-electron chi connectivity index (χ3n) is 5.07. The van der Waals surface area contributed by atoms with Gasteiger partial charge in [-0.15, -0.1) is 0 Å². The Labute approximate surface area is 171 Å². The Morgan fingerprint density at radius 1 is 1.17 bits per heavy atom. The molecular weight excluding hydrogens is 368 g/mol. The highest BCUT2D eigenvalue weighted by molar-refractivity contribution is 5.93. The van der Waals surface area contributed by atoms with Crippen molar-refractivity contribution in [1.82, 2.24) is 19.8 Å². The fraction of sp³-hybridized carbons (Fsp3) is 0.429. The van der Waals surface area contributed by atoms with Crippen molar-refractivity contribution in [1.29, 1.82) is 0 Å². The number of nitrogens with two attached hydrogens (primary N) is 1. The molecule has 1 saturated heterocycles. The second-order valence-electron chi connectivity index (χ2n) is 7.87. The Morgan fingerprint density at radius 3 is 2.45 bits per heavy atom. The summed E-state index contributed by atoms with van der Waals surface area (Å²) < 4.78 is 0. The number of benzene rings is 1. The molecule has 0 radical (unpaired) electrons. The summed E-state index contributed by atoms with van der Waals surface area (Å²) in [6.07, 6.45) is 2.68. The summed E-state index contributed by atoms with van der Waals surface area (Å²) in [4.78, 5) is 38.8. The first-order valence-corrected chi connectivity index (χ1v) is 9.63. The number of hydrogen-bond acceptors (Lipinski definition) is 6. The van der Waals surface area contributed by atoms with Gasteiger partial charge < -0.3 is 20.4 Å². The van der Waals surface area contributed by atoms with Gasteiger partial charge in [0.2, 0.25) is 17.8 Å². The van der Waals surface area contributed by atoms with Crippen LogP contribution in [-0.2, 0) is 4.79 Å². The normalized spacial score (nSPS) is 16.3. The molecule has 154 valence electrons. The number of rotatable bonds is 6. The number of aromatic nitrogens is 2. The molecule has 2 aromatic rings. The largest absolute Gasteiger partial charge is 0.366 e. The van der Waals surface area contributed by atoms with E-state index in [4.69, 9.17) is 10.7 Å². The lowest BCUT2D eigenvalue weighted by molar-refractivity contribution is -0.130. The molecule has 2 heterocycles. The van der Waals surface area contributed by atoms with Gasteiger partial charge in [0, 0.05) is 50.4 Å². The topological polar surface area (TPSA) is 95.7 Å². The summed E-state index contributed by atoms with van der Waals surface area (Å²) >= 11 is 0. The minimum atomic E-state index is -0.457. The fourth-order valence-corrected chi connectivity index (χ4v) is 3.53. The predicted octanol–water partition coefficient (Wildman–Crippen LogP) is 1.19. The second-order valence-corrected chi connectivity index (χ2v) is 7.87. The van der Waals surface area contributed by atoms with Crippen molar-refractivity contribution in [3.63, 3.8) is 0 Å². The lowest BCUT2D eigenvalue weighted by Gasteiger charge is -2.20. The lowest BCUT2D eigenvalue weighted by Crippen LogP contribution is -2.36. The average Bonchev–Trinajstić information content (AvgIpc) is 3.17. The van der Waals surface area contributed by atoms with Crippen LogP contribution in [0.2, 0.25) is 0 Å². The van der Waals surface area contributed by atoms with E-state index >= 15 is 0 Å². The highest BCUT2D eigenvalue weighted by Gasteiger charge is 2.30. The molecule has 1 aliphatic rings. The summed E-state index contributed by atoms with van der Waals surface area (Å²) in [5.74, 6) is 0.442. The van der Waals surface area contributed by atoms with Crippen molar-refractivity contribution in [3.05, 3.63) is 41.7 Å². The smallest absolute Gasteiger partial charge is 0.248 e. The van der Waals surface area contributed by atoms with E-state index in [1.165, 1.54) is 0 Å². The molecule has 2 N–H and O–H groups in total. The minimum absolute atomic E-state index is 0.131. The zero-order valence-corrected chi connectivity index (χ0v) is 17.4. The monoisotopic (exact) mass is 396 g/mol. The Morgan fingerprint density at radius 2 is 1.86 bits per heavy atom. The third kappa shape index (κ3) is 4.71. The number of likely N-dealkylation sites (tertiary alicyclic amines) is 1. The summed E-state index contributed by atoms with van der Waals surface area (Å²) in [6, 6.07) is 7.15. The number of hydrogen-bond donors (Lipinski definition) is 1. The van der Waals surface area contributed by atoms with E-state index in [0.717, 1.165) is 29.8 Å². The zero-order valence-electron chi connectivity index (χ0n) is 17.4. The first-order chi connectivity index (χ1) is 13.8. The van der Waals surface area contributed by atoms with E-state index in [1.54, 1.807) is 12.1 Å². The van der Waals surface area contributed by atoms with Crippen LogP contribution in [0.15, 0.2) is 30.5 Å². The SMILES string of the molecule is CN(C)CC(=O)N1CC[C@@H](c2nc(N(C)C)ncc2-c2ccc(C(N)=O)cc2)C1. The van der Waals surface area contributed by atoms with E-state index in [0.29, 0.717) is 24.6 Å². The van der Waals surface area contributed by atoms with E-state index in [-0.39, 0.29) is 11.8 Å². The van der Waals surface area contributed by atoms with Gasteiger partial charge in [-0.2, -0.15) is 0 Å². The van der Waals surface area contributed by atoms with Gasteiger partial charge in [-0.3, -0.25) is 9.59 Å². The van der Waals surface area contributed by atoms with E-state index in [2.05, 4.69) is 4.98 Å². The quantitative estimate of drug-likeness (QED) is 0.788. The highest BCUT2D eigenvalue weighted by Crippen LogP contribution is 2.34. The third-order valence-corrected chi connectivity index (χ3v) is 5.07. The van der Waals surface area contributed by atoms with Crippen LogP contribution in [0.5, 0.6) is 0 Å². The van der Waals surface area contributed by atoms with Crippen LogP contribution in [0.1, 0.15) is 28.4 Å². The Bertz CT molecular complexity index is 895. The zero-order chi connectivity index (χ0) is 21.1. The average molecular weight is 396 g/mol. The fourth-order valence-electron chi connectivity index (χ4n) is 3.53. The molecule has 1 aromatic heterocycles. The van der Waals surface area contributed by atoms with Crippen LogP contribution < -0.4 is 10.6 Å². The van der Waals surface area contributed by atoms with Crippen LogP contribution in [0.3, 0.4) is 0 Å². The Balaban J connectivity index is 1.93. The Kier molecular flexibility index (Phi) is 6.12. The maximum absolute atomic E-state index is 12.5. The molecule has 0 unspecified atom stereocenters. The van der Waals surface area contributed by atoms with Gasteiger partial charge in [0.15, 0.2) is 0 Å². The van der Waals surface area contributed by atoms with E-state index in [1.807, 2.05) is 61.2 Å². The molecule has 1 atom stereocenters. The van der Waals surface area contributed by atoms with Gasteiger partial charge in [-0.1, -0.05) is 12.1 Å². The highest BCUT2D eigenvalue weighted by atomic mass is 16.2. The van der Waals surface area contributed by atoms with Crippen LogP contribution in [0, 0.1) is 0 Å². The minimum Gasteiger partial charge on any atom is -0.366 e. The molecule has 8 nitrogen and oxygen atoms in total. The van der Waals surface area contributed by atoms with Gasteiger partial charge >= 0.3 is 0 Å². The van der Waals surface area contributed by atoms with Crippen LogP contribution in [0.25, 0.3) is 11.1 Å². The van der Waals surface area contributed by atoms with Crippen molar-refractivity contribution >= 4 is 17.8 Å². The summed E-state index contributed by atoms with van der Waals surface area (Å²) in [5.41, 5.74) is 8.58. The van der Waals surface area contributed by atoms with Gasteiger partial charge in [0.25, 0.3) is 0 Å². The van der Waals surface area contributed by atoms with Gasteiger partial charge in [0.1, 0.15) is 0 Å². The van der Waals surface area contributed by atoms with Crippen LogP contribution >= 0.6 is 0 Å². The molecule has 1 aromatic carbocycles. The van der Waals surface area contributed by atoms with Gasteiger partial charge in [-0.05, 0) is 38.2 Å². The number of likely N-dealkylation sites (N-methyl/N-ethyl adjacent to an activating group) is 1. The number of primary amides is 1. The number of carbonyl (C=O) groups excluding carboxylic acids is 2. The second kappa shape index (κ2) is 8.57. The molecule has 0 aliphatic carbocycles. The molecule has 0 saturated carbocycles. The summed E-state index contributed by atoms with van der Waals surface area (Å²) in [6.45, 7) is 1.77. The lowest BCUT2D eigenvalue weighted by atomic mass is 9.95. The number of anilines is 1. The molecular formula is C21H28N6O2. The summed E-state index contributed by atoms with van der Waals surface area (Å²) in [5, 5.41) is 0. The van der Waals surface area contributed by atoms with Gasteiger partial charge in [0.05, 0.1) is 12.2 Å². The van der Waals surface area contributed by atoms with E-state index < -0.39 is 5.91 Å². The molecule has 29 heavy (non-hydrogen) atoms. The Hall–Kier alpha value is -3.00. The molecule has 0 bridgehead atoms. The van der Waals surface area contributed by atoms with Gasteiger partial charge in [-0.25, -0.2) is 9.97 Å². The number of amides is 2. The van der Waals surface area contributed by atoms with Crippen molar-refractivity contribution in [2.24, 2.45) is 5.73 Å². The standard InChI is InChI=1S/C21H28N6O2/c1-25(2)13-18(28)27-10-9-16(12-27)19-17(11-23-21(24-19)26(3)4)14-5-7-15(8-6-14)20(22)29/h5-8,11,16H,9-10,12-13H2,1-4H3,(H2,22,29)/t16-/m1/s1. The van der Waals surface area contributed by atoms with Crippen molar-refractivity contribution in [3.8, 4) is 11.1 Å². The van der Waals surface area contributed by atoms with Crippen molar-refractivity contribution in [2.75, 3.05) is 52.7 Å². The first kappa shape index (κ1) is 20.7. The molecule has 1 fully saturated rings. The van der Waals surface area contributed by atoms with E-state index in [9.17, 15) is 9.59 Å². The number of carbonyl (C=O) groups is 2. The predicted molar refractivity (Wildman–Crippen MR) is 113 cm³/mol. The first-order valence-electron chi connectivity index (χ1n) is 9.63. The maximum atomic E-state index is 12.5. The van der Waals surface area contributed by atoms with Crippen molar-refractivity contribution < 1.29 is 9.59 Å². The molecule has 2 amide bonds. The van der Waals surface area contributed by atoms with Crippen LogP contribution in [0.4, 0.5) is 5.95 Å². The molecule has 0 spiro atoms. The number of nitrogens with zero attached hydrogens (tertiary/aromatic N) is 5. The maximum Gasteiger partial charge on any atom is 0.248 e. The van der Waals surface area contributed by atoms with Crippen LogP contribution in [-0.4, -0.2) is 79.4 Å². The molecule has 1 aliphatic heterocycles. The molecule has 3 rings (SSSR count). The summed E-state index contributed by atoms with van der Waals surface area (Å²) in [7, 11) is 7.60. The molecule has 8 heteroatoms. The van der Waals surface area contributed by atoms with Crippen molar-refractivity contribution in [2.45, 2.75) is 12.3 Å².